The van der Waals surface area contributed by atoms with E-state index in [0.717, 1.165) is 18.4 Å². The number of benzene rings is 1. The predicted octanol–water partition coefficient (Wildman–Crippen LogP) is 2.80. The molecule has 3 unspecified atom stereocenters. The van der Waals surface area contributed by atoms with Crippen LogP contribution in [0, 0.1) is 11.8 Å². The summed E-state index contributed by atoms with van der Waals surface area (Å²) in [6.07, 6.45) is 1.38. The highest BCUT2D eigenvalue weighted by Crippen LogP contribution is 2.39. The second-order valence-electron chi connectivity index (χ2n) is 5.20. The summed E-state index contributed by atoms with van der Waals surface area (Å²) in [5.74, 6) is 1.79. The maximum Gasteiger partial charge on any atom is 0.0412 e. The number of hydrogen-bond donors (Lipinski definition) is 1. The van der Waals surface area contributed by atoms with Crippen LogP contribution in [0.2, 0.25) is 0 Å². The van der Waals surface area contributed by atoms with Crippen LogP contribution in [0.5, 0.6) is 0 Å². The van der Waals surface area contributed by atoms with Crippen molar-refractivity contribution in [3.63, 3.8) is 0 Å². The SMILES string of the molecule is CC(N)c1ccccc1N(C)CC1CC1C. The Kier molecular flexibility index (Phi) is 3.20. The van der Waals surface area contributed by atoms with E-state index in [9.17, 15) is 0 Å². The van der Waals surface area contributed by atoms with Gasteiger partial charge < -0.3 is 10.6 Å². The summed E-state index contributed by atoms with van der Waals surface area (Å²) in [4.78, 5) is 2.35. The summed E-state index contributed by atoms with van der Waals surface area (Å²) in [6.45, 7) is 5.54. The van der Waals surface area contributed by atoms with Crippen LogP contribution >= 0.6 is 0 Å². The molecule has 2 heteroatoms. The fourth-order valence-corrected chi connectivity index (χ4v) is 2.32. The van der Waals surface area contributed by atoms with Crippen molar-refractivity contribution < 1.29 is 0 Å². The van der Waals surface area contributed by atoms with Gasteiger partial charge in [-0.15, -0.1) is 0 Å². The van der Waals surface area contributed by atoms with Gasteiger partial charge in [-0.2, -0.15) is 0 Å². The zero-order valence-electron chi connectivity index (χ0n) is 10.5. The maximum atomic E-state index is 6.00. The lowest BCUT2D eigenvalue weighted by Crippen LogP contribution is -2.23. The van der Waals surface area contributed by atoms with Crippen molar-refractivity contribution in [1.29, 1.82) is 0 Å². The van der Waals surface area contributed by atoms with Gasteiger partial charge in [-0.05, 0) is 36.8 Å². The van der Waals surface area contributed by atoms with Crippen molar-refractivity contribution in [3.8, 4) is 0 Å². The zero-order valence-corrected chi connectivity index (χ0v) is 10.5. The average Bonchev–Trinajstić information content (AvgIpc) is 2.94. The Balaban J connectivity index is 2.12. The molecule has 0 aromatic heterocycles. The van der Waals surface area contributed by atoms with Crippen molar-refractivity contribution in [2.24, 2.45) is 17.6 Å². The molecule has 0 radical (unpaired) electrons. The van der Waals surface area contributed by atoms with Crippen LogP contribution in [0.3, 0.4) is 0 Å². The maximum absolute atomic E-state index is 6.00. The molecule has 2 rings (SSSR count). The Morgan fingerprint density at radius 3 is 2.62 bits per heavy atom. The highest BCUT2D eigenvalue weighted by atomic mass is 15.1. The van der Waals surface area contributed by atoms with E-state index < -0.39 is 0 Å². The Morgan fingerprint density at radius 1 is 1.44 bits per heavy atom. The van der Waals surface area contributed by atoms with Crippen LogP contribution in [-0.2, 0) is 0 Å². The molecule has 1 aromatic rings. The van der Waals surface area contributed by atoms with Crippen LogP contribution in [0.4, 0.5) is 5.69 Å². The van der Waals surface area contributed by atoms with Crippen LogP contribution in [-0.4, -0.2) is 13.6 Å². The molecule has 0 spiro atoms. The molecule has 1 aromatic carbocycles. The molecule has 1 aliphatic carbocycles. The van der Waals surface area contributed by atoms with Gasteiger partial charge in [0.15, 0.2) is 0 Å². The fraction of sp³-hybridized carbons (Fsp3) is 0.571. The first kappa shape index (κ1) is 11.5. The second kappa shape index (κ2) is 4.46. The molecule has 0 heterocycles. The number of nitrogens with two attached hydrogens (primary N) is 1. The van der Waals surface area contributed by atoms with Gasteiger partial charge in [0.2, 0.25) is 0 Å². The minimum Gasteiger partial charge on any atom is -0.374 e. The van der Waals surface area contributed by atoms with Gasteiger partial charge in [0.05, 0.1) is 0 Å². The summed E-state index contributed by atoms with van der Waals surface area (Å²) < 4.78 is 0. The molecule has 1 saturated carbocycles. The fourth-order valence-electron chi connectivity index (χ4n) is 2.32. The highest BCUT2D eigenvalue weighted by molar-refractivity contribution is 5.54. The summed E-state index contributed by atoms with van der Waals surface area (Å²) in [5, 5.41) is 0. The first-order chi connectivity index (χ1) is 7.59. The second-order valence-corrected chi connectivity index (χ2v) is 5.20. The molecular formula is C14H22N2. The predicted molar refractivity (Wildman–Crippen MR) is 69.6 cm³/mol. The number of hydrogen-bond acceptors (Lipinski definition) is 2. The normalized spacial score (nSPS) is 25.2. The van der Waals surface area contributed by atoms with Gasteiger partial charge in [-0.25, -0.2) is 0 Å². The summed E-state index contributed by atoms with van der Waals surface area (Å²) >= 11 is 0. The number of nitrogens with zero attached hydrogens (tertiary/aromatic N) is 1. The standard InChI is InChI=1S/C14H22N2/c1-10-8-12(10)9-16(3)14-7-5-4-6-13(14)11(2)15/h4-7,10-12H,8-9,15H2,1-3H3. The third-order valence-electron chi connectivity index (χ3n) is 3.62. The third kappa shape index (κ3) is 2.38. The van der Waals surface area contributed by atoms with Crippen molar-refractivity contribution >= 4 is 5.69 Å². The zero-order chi connectivity index (χ0) is 11.7. The molecule has 2 nitrogen and oxygen atoms in total. The molecular weight excluding hydrogens is 196 g/mol. The molecule has 0 aliphatic heterocycles. The minimum absolute atomic E-state index is 0.107. The quantitative estimate of drug-likeness (QED) is 0.842. The first-order valence-corrected chi connectivity index (χ1v) is 6.15. The molecule has 0 bridgehead atoms. The summed E-state index contributed by atoms with van der Waals surface area (Å²) in [7, 11) is 2.17. The Hall–Kier alpha value is -1.02. The van der Waals surface area contributed by atoms with E-state index in [1.54, 1.807) is 0 Å². The largest absolute Gasteiger partial charge is 0.374 e. The van der Waals surface area contributed by atoms with Gasteiger partial charge in [-0.1, -0.05) is 25.1 Å². The lowest BCUT2D eigenvalue weighted by Gasteiger charge is -2.24. The molecule has 3 atom stereocenters. The van der Waals surface area contributed by atoms with Gasteiger partial charge in [-0.3, -0.25) is 0 Å². The van der Waals surface area contributed by atoms with Crippen LogP contribution in [0.1, 0.15) is 31.9 Å². The Bertz CT molecular complexity index is 360. The molecule has 16 heavy (non-hydrogen) atoms. The average molecular weight is 218 g/mol. The van der Waals surface area contributed by atoms with Gasteiger partial charge in [0.1, 0.15) is 0 Å². The number of anilines is 1. The number of para-hydroxylation sites is 1. The van der Waals surface area contributed by atoms with E-state index in [2.05, 4.69) is 43.1 Å². The molecule has 88 valence electrons. The highest BCUT2D eigenvalue weighted by Gasteiger charge is 2.33. The third-order valence-corrected chi connectivity index (χ3v) is 3.62. The van der Waals surface area contributed by atoms with Crippen molar-refractivity contribution in [2.45, 2.75) is 26.3 Å². The van der Waals surface area contributed by atoms with E-state index in [4.69, 9.17) is 5.73 Å². The van der Waals surface area contributed by atoms with E-state index in [0.29, 0.717) is 0 Å². The summed E-state index contributed by atoms with van der Waals surface area (Å²) in [5.41, 5.74) is 8.54. The summed E-state index contributed by atoms with van der Waals surface area (Å²) in [6, 6.07) is 8.57. The molecule has 2 N–H and O–H groups in total. The van der Waals surface area contributed by atoms with Crippen LogP contribution < -0.4 is 10.6 Å². The molecule has 0 amide bonds. The van der Waals surface area contributed by atoms with E-state index >= 15 is 0 Å². The first-order valence-electron chi connectivity index (χ1n) is 6.15. The smallest absolute Gasteiger partial charge is 0.0412 e. The van der Waals surface area contributed by atoms with E-state index in [1.165, 1.54) is 17.7 Å². The van der Waals surface area contributed by atoms with Crippen LogP contribution in [0.15, 0.2) is 24.3 Å². The van der Waals surface area contributed by atoms with Gasteiger partial charge >= 0.3 is 0 Å². The van der Waals surface area contributed by atoms with Gasteiger partial charge in [0, 0.05) is 25.3 Å². The molecule has 1 aliphatic rings. The van der Waals surface area contributed by atoms with Crippen molar-refractivity contribution in [2.75, 3.05) is 18.5 Å². The van der Waals surface area contributed by atoms with E-state index in [-0.39, 0.29) is 6.04 Å². The monoisotopic (exact) mass is 218 g/mol. The molecule has 1 fully saturated rings. The number of rotatable bonds is 4. The van der Waals surface area contributed by atoms with E-state index in [1.807, 2.05) is 6.92 Å². The van der Waals surface area contributed by atoms with Crippen LogP contribution in [0.25, 0.3) is 0 Å². The topological polar surface area (TPSA) is 29.3 Å². The molecule has 0 saturated heterocycles. The lowest BCUT2D eigenvalue weighted by atomic mass is 10.1. The minimum atomic E-state index is 0.107. The van der Waals surface area contributed by atoms with Crippen molar-refractivity contribution in [3.05, 3.63) is 29.8 Å². The Labute approximate surface area is 98.4 Å². The van der Waals surface area contributed by atoms with Gasteiger partial charge in [0.25, 0.3) is 0 Å². The van der Waals surface area contributed by atoms with Crippen molar-refractivity contribution in [1.82, 2.24) is 0 Å². The lowest BCUT2D eigenvalue weighted by molar-refractivity contribution is 0.716. The Morgan fingerprint density at radius 2 is 2.06 bits per heavy atom.